The Bertz CT molecular complexity index is 2120. The minimum atomic E-state index is 0.942. The first-order chi connectivity index (χ1) is 18.9. The summed E-state index contributed by atoms with van der Waals surface area (Å²) < 4.78 is 3.64. The molecule has 38 heavy (non-hydrogen) atoms. The zero-order chi connectivity index (χ0) is 25.1. The smallest absolute Gasteiger partial charge is 0.138 e. The number of fused-ring (bicyclic) bond motifs is 6. The number of hydrogen-bond acceptors (Lipinski definition) is 2. The lowest BCUT2D eigenvalue weighted by atomic mass is 9.98. The highest BCUT2D eigenvalue weighted by molar-refractivity contribution is 7.24. The van der Waals surface area contributed by atoms with Gasteiger partial charge in [0, 0.05) is 42.9 Å². The monoisotopic (exact) mass is 502 g/mol. The molecule has 3 aromatic heterocycles. The molecule has 0 aliphatic carbocycles. The summed E-state index contributed by atoms with van der Waals surface area (Å²) >= 11 is 1.89. The fourth-order valence-electron chi connectivity index (χ4n) is 5.73. The van der Waals surface area contributed by atoms with Crippen LogP contribution in [-0.4, -0.2) is 9.55 Å². The normalized spacial score (nSPS) is 11.7. The second-order valence-corrected chi connectivity index (χ2v) is 10.6. The Balaban J connectivity index is 1.51. The Morgan fingerprint density at radius 1 is 0.553 bits per heavy atom. The van der Waals surface area contributed by atoms with Crippen LogP contribution in [0.3, 0.4) is 0 Å². The van der Waals surface area contributed by atoms with E-state index in [2.05, 4.69) is 132 Å². The molecule has 3 heterocycles. The maximum absolute atomic E-state index is 4.91. The summed E-state index contributed by atoms with van der Waals surface area (Å²) in [6.45, 7) is 0. The second-order valence-electron chi connectivity index (χ2n) is 9.62. The lowest BCUT2D eigenvalue weighted by Crippen LogP contribution is -1.97. The second kappa shape index (κ2) is 8.41. The maximum Gasteiger partial charge on any atom is 0.138 e. The molecule has 0 fully saturated rings. The minimum absolute atomic E-state index is 0.942. The van der Waals surface area contributed by atoms with Crippen molar-refractivity contribution in [1.29, 1.82) is 0 Å². The van der Waals surface area contributed by atoms with Gasteiger partial charge in [0.2, 0.25) is 0 Å². The van der Waals surface area contributed by atoms with Gasteiger partial charge < -0.3 is 0 Å². The molecule has 5 aromatic carbocycles. The third kappa shape index (κ3) is 3.16. The summed E-state index contributed by atoms with van der Waals surface area (Å²) in [5, 5.41) is 6.18. The summed E-state index contributed by atoms with van der Waals surface area (Å²) in [5.74, 6) is 0.942. The number of pyridine rings is 1. The Kier molecular flexibility index (Phi) is 4.73. The van der Waals surface area contributed by atoms with Gasteiger partial charge in [0.15, 0.2) is 0 Å². The van der Waals surface area contributed by atoms with Crippen LogP contribution in [0.25, 0.3) is 70.0 Å². The van der Waals surface area contributed by atoms with Crippen LogP contribution in [0, 0.1) is 0 Å². The van der Waals surface area contributed by atoms with Gasteiger partial charge in [-0.05, 0) is 34.7 Å². The maximum atomic E-state index is 4.91. The van der Waals surface area contributed by atoms with E-state index >= 15 is 0 Å². The predicted molar refractivity (Wildman–Crippen MR) is 162 cm³/mol. The third-order valence-corrected chi connectivity index (χ3v) is 8.71. The molecule has 0 saturated heterocycles. The van der Waals surface area contributed by atoms with Crippen LogP contribution in [0.5, 0.6) is 0 Å². The van der Waals surface area contributed by atoms with Crippen LogP contribution in [0.15, 0.2) is 134 Å². The molecular weight excluding hydrogens is 480 g/mol. The number of thiophene rings is 1. The Hall–Kier alpha value is -4.73. The van der Waals surface area contributed by atoms with Gasteiger partial charge in [-0.3, -0.25) is 4.57 Å². The molecule has 0 radical (unpaired) electrons. The molecule has 178 valence electrons. The Labute approximate surface area is 224 Å². The highest BCUT2D eigenvalue weighted by atomic mass is 32.1. The summed E-state index contributed by atoms with van der Waals surface area (Å²) in [5.41, 5.74) is 6.16. The molecule has 0 unspecified atom stereocenters. The van der Waals surface area contributed by atoms with Crippen LogP contribution < -0.4 is 0 Å². The molecule has 8 rings (SSSR count). The van der Waals surface area contributed by atoms with Crippen LogP contribution in [0.2, 0.25) is 0 Å². The van der Waals surface area contributed by atoms with Crippen molar-refractivity contribution in [3.8, 4) is 27.4 Å². The van der Waals surface area contributed by atoms with Gasteiger partial charge in [-0.15, -0.1) is 11.3 Å². The van der Waals surface area contributed by atoms with Gasteiger partial charge in [0.05, 0.1) is 11.0 Å². The molecule has 0 bridgehead atoms. The van der Waals surface area contributed by atoms with Crippen molar-refractivity contribution in [2.75, 3.05) is 0 Å². The fraction of sp³-hybridized carbons (Fsp3) is 0. The zero-order valence-corrected chi connectivity index (χ0v) is 21.3. The van der Waals surface area contributed by atoms with Crippen molar-refractivity contribution in [2.45, 2.75) is 0 Å². The molecule has 2 nitrogen and oxygen atoms in total. The standard InChI is InChI=1S/C35H22N2S/c1-3-11-23(12-4-1)32-28-19-20-30-33(35(28)38-34(32)24-13-5-2-6-14-24)27-17-9-10-18-29(27)37(30)31-21-25-15-7-8-16-26(25)22-36-31/h1-22H. The molecule has 3 heteroatoms. The first kappa shape index (κ1) is 21.4. The van der Waals surface area contributed by atoms with E-state index in [0.717, 1.165) is 11.2 Å². The lowest BCUT2D eigenvalue weighted by molar-refractivity contribution is 1.09. The molecule has 8 aromatic rings. The van der Waals surface area contributed by atoms with Crippen molar-refractivity contribution in [2.24, 2.45) is 0 Å². The van der Waals surface area contributed by atoms with Crippen molar-refractivity contribution in [3.05, 3.63) is 134 Å². The average Bonchev–Trinajstić information content (AvgIpc) is 3.54. The molecule has 0 amide bonds. The summed E-state index contributed by atoms with van der Waals surface area (Å²) in [6.07, 6.45) is 1.98. The highest BCUT2D eigenvalue weighted by Crippen LogP contribution is 2.49. The molecule has 0 saturated carbocycles. The number of para-hydroxylation sites is 1. The van der Waals surface area contributed by atoms with Crippen molar-refractivity contribution in [3.63, 3.8) is 0 Å². The van der Waals surface area contributed by atoms with Crippen molar-refractivity contribution < 1.29 is 0 Å². The first-order valence-corrected chi connectivity index (χ1v) is 13.6. The lowest BCUT2D eigenvalue weighted by Gasteiger charge is -2.08. The number of aromatic nitrogens is 2. The molecular formula is C35H22N2S. The first-order valence-electron chi connectivity index (χ1n) is 12.8. The number of benzene rings is 5. The van der Waals surface area contributed by atoms with E-state index in [1.165, 1.54) is 58.8 Å². The summed E-state index contributed by atoms with van der Waals surface area (Å²) in [4.78, 5) is 6.22. The fourth-order valence-corrected chi connectivity index (χ4v) is 7.12. The van der Waals surface area contributed by atoms with Gasteiger partial charge >= 0.3 is 0 Å². The van der Waals surface area contributed by atoms with E-state index in [1.807, 2.05) is 17.5 Å². The van der Waals surface area contributed by atoms with Gasteiger partial charge in [-0.2, -0.15) is 0 Å². The minimum Gasteiger partial charge on any atom is -0.294 e. The highest BCUT2D eigenvalue weighted by Gasteiger charge is 2.21. The van der Waals surface area contributed by atoms with E-state index in [1.54, 1.807) is 0 Å². The van der Waals surface area contributed by atoms with Gasteiger partial charge in [0.1, 0.15) is 5.82 Å². The summed E-state index contributed by atoms with van der Waals surface area (Å²) in [7, 11) is 0. The van der Waals surface area contributed by atoms with E-state index < -0.39 is 0 Å². The quantitative estimate of drug-likeness (QED) is 0.235. The van der Waals surface area contributed by atoms with Gasteiger partial charge in [-0.25, -0.2) is 4.98 Å². The number of hydrogen-bond donors (Lipinski definition) is 0. The molecule has 0 spiro atoms. The topological polar surface area (TPSA) is 17.8 Å². The van der Waals surface area contributed by atoms with Gasteiger partial charge in [-0.1, -0.05) is 109 Å². The predicted octanol–water partition coefficient (Wildman–Crippen LogP) is 9.88. The van der Waals surface area contributed by atoms with Gasteiger partial charge in [0.25, 0.3) is 0 Å². The largest absolute Gasteiger partial charge is 0.294 e. The molecule has 0 aliphatic rings. The number of nitrogens with zero attached hydrogens (tertiary/aromatic N) is 2. The number of rotatable bonds is 3. The van der Waals surface area contributed by atoms with Crippen LogP contribution in [-0.2, 0) is 0 Å². The van der Waals surface area contributed by atoms with Crippen LogP contribution >= 0.6 is 11.3 Å². The molecule has 0 aliphatic heterocycles. The van der Waals surface area contributed by atoms with E-state index in [9.17, 15) is 0 Å². The third-order valence-electron chi connectivity index (χ3n) is 7.44. The van der Waals surface area contributed by atoms with Crippen LogP contribution in [0.1, 0.15) is 0 Å². The Morgan fingerprint density at radius 3 is 2.05 bits per heavy atom. The van der Waals surface area contributed by atoms with E-state index in [4.69, 9.17) is 4.98 Å². The van der Waals surface area contributed by atoms with E-state index in [-0.39, 0.29) is 0 Å². The van der Waals surface area contributed by atoms with Crippen molar-refractivity contribution >= 4 is 54.0 Å². The molecule has 0 atom stereocenters. The SMILES string of the molecule is c1ccc(-c2sc3c(ccc4c3c3ccccc3n4-c3cc4ccccc4cn3)c2-c2ccccc2)cc1. The van der Waals surface area contributed by atoms with Crippen molar-refractivity contribution in [1.82, 2.24) is 9.55 Å². The average molecular weight is 503 g/mol. The summed E-state index contributed by atoms with van der Waals surface area (Å²) in [6, 6.07) is 45.5. The van der Waals surface area contributed by atoms with Crippen LogP contribution in [0.4, 0.5) is 0 Å². The zero-order valence-electron chi connectivity index (χ0n) is 20.5. The molecule has 0 N–H and O–H groups in total. The Morgan fingerprint density at radius 2 is 1.24 bits per heavy atom. The van der Waals surface area contributed by atoms with E-state index in [0.29, 0.717) is 0 Å².